The van der Waals surface area contributed by atoms with Gasteiger partial charge in [0.15, 0.2) is 0 Å². The Kier molecular flexibility index (Phi) is 8.95. The molecule has 5 heteroatoms. The fourth-order valence-corrected chi connectivity index (χ4v) is 2.04. The number of aromatic nitrogens is 1. The van der Waals surface area contributed by atoms with E-state index in [1.54, 1.807) is 7.11 Å². The van der Waals surface area contributed by atoms with Crippen molar-refractivity contribution >= 4 is 5.82 Å². The van der Waals surface area contributed by atoms with Crippen LogP contribution >= 0.6 is 0 Å². The lowest BCUT2D eigenvalue weighted by Crippen LogP contribution is -2.30. The second-order valence-corrected chi connectivity index (χ2v) is 4.72. The Balaban J connectivity index is 2.69. The van der Waals surface area contributed by atoms with Crippen LogP contribution in [0, 0.1) is 0 Å². The van der Waals surface area contributed by atoms with Gasteiger partial charge in [0, 0.05) is 45.0 Å². The standard InChI is InChI=1S/C15H27N3O2/c1-3-4-9-18(10-11-19)15-14(6-5-7-17-15)13-16-8-12-20-2/h5-7,16,19H,3-4,8-13H2,1-2H3. The summed E-state index contributed by atoms with van der Waals surface area (Å²) in [6, 6.07) is 4.03. The molecule has 1 heterocycles. The van der Waals surface area contributed by atoms with E-state index in [0.717, 1.165) is 43.9 Å². The lowest BCUT2D eigenvalue weighted by Gasteiger charge is -2.25. The fourth-order valence-electron chi connectivity index (χ4n) is 2.04. The van der Waals surface area contributed by atoms with Crippen molar-refractivity contribution in [2.45, 2.75) is 26.3 Å². The van der Waals surface area contributed by atoms with E-state index in [-0.39, 0.29) is 6.61 Å². The molecule has 2 N–H and O–H groups in total. The lowest BCUT2D eigenvalue weighted by atomic mass is 10.2. The number of hydrogen-bond donors (Lipinski definition) is 2. The summed E-state index contributed by atoms with van der Waals surface area (Å²) in [7, 11) is 1.70. The molecule has 0 aromatic carbocycles. The van der Waals surface area contributed by atoms with Crippen molar-refractivity contribution in [1.29, 1.82) is 0 Å². The molecule has 0 atom stereocenters. The van der Waals surface area contributed by atoms with E-state index in [1.807, 2.05) is 12.3 Å². The molecule has 0 fully saturated rings. The SMILES string of the molecule is CCCCN(CCO)c1ncccc1CNCCOC. The summed E-state index contributed by atoms with van der Waals surface area (Å²) in [6.45, 7) is 6.16. The highest BCUT2D eigenvalue weighted by Crippen LogP contribution is 2.17. The molecule has 0 radical (unpaired) electrons. The Hall–Kier alpha value is -1.17. The van der Waals surface area contributed by atoms with E-state index in [9.17, 15) is 5.11 Å². The number of rotatable bonds is 11. The van der Waals surface area contributed by atoms with Gasteiger partial charge in [-0.3, -0.25) is 0 Å². The monoisotopic (exact) mass is 281 g/mol. The van der Waals surface area contributed by atoms with Crippen LogP contribution in [0.5, 0.6) is 0 Å². The Morgan fingerprint density at radius 2 is 2.25 bits per heavy atom. The molecule has 0 aliphatic carbocycles. The molecular formula is C15H27N3O2. The molecule has 0 aliphatic heterocycles. The van der Waals surface area contributed by atoms with Crippen molar-refractivity contribution in [3.05, 3.63) is 23.9 Å². The molecule has 1 aromatic rings. The van der Waals surface area contributed by atoms with Crippen LogP contribution < -0.4 is 10.2 Å². The number of unbranched alkanes of at least 4 members (excludes halogenated alkanes) is 1. The van der Waals surface area contributed by atoms with Crippen LogP contribution in [0.3, 0.4) is 0 Å². The summed E-state index contributed by atoms with van der Waals surface area (Å²) in [5.74, 6) is 0.972. The minimum absolute atomic E-state index is 0.150. The van der Waals surface area contributed by atoms with Gasteiger partial charge in [0.05, 0.1) is 13.2 Å². The first kappa shape index (κ1) is 16.9. The molecule has 0 bridgehead atoms. The van der Waals surface area contributed by atoms with Crippen molar-refractivity contribution in [2.24, 2.45) is 0 Å². The van der Waals surface area contributed by atoms with Crippen molar-refractivity contribution in [3.63, 3.8) is 0 Å². The summed E-state index contributed by atoms with van der Waals surface area (Å²) in [5.41, 5.74) is 1.16. The van der Waals surface area contributed by atoms with Crippen molar-refractivity contribution in [1.82, 2.24) is 10.3 Å². The number of ether oxygens (including phenoxy) is 1. The third-order valence-electron chi connectivity index (χ3n) is 3.12. The summed E-state index contributed by atoms with van der Waals surface area (Å²) in [4.78, 5) is 6.66. The zero-order valence-corrected chi connectivity index (χ0v) is 12.6. The van der Waals surface area contributed by atoms with Gasteiger partial charge in [-0.25, -0.2) is 4.98 Å². The fraction of sp³-hybridized carbons (Fsp3) is 0.667. The highest BCUT2D eigenvalue weighted by molar-refractivity contribution is 5.46. The van der Waals surface area contributed by atoms with Gasteiger partial charge in [-0.1, -0.05) is 19.4 Å². The molecule has 114 valence electrons. The maximum Gasteiger partial charge on any atom is 0.133 e. The molecule has 20 heavy (non-hydrogen) atoms. The van der Waals surface area contributed by atoms with Gasteiger partial charge in [-0.2, -0.15) is 0 Å². The van der Waals surface area contributed by atoms with Crippen LogP contribution in [0.15, 0.2) is 18.3 Å². The number of nitrogens with zero attached hydrogens (tertiary/aromatic N) is 2. The number of aliphatic hydroxyl groups excluding tert-OH is 1. The van der Waals surface area contributed by atoms with Crippen LogP contribution in [0.25, 0.3) is 0 Å². The van der Waals surface area contributed by atoms with Crippen LogP contribution in [-0.4, -0.2) is 50.0 Å². The highest BCUT2D eigenvalue weighted by Gasteiger charge is 2.11. The molecule has 0 amide bonds. The zero-order chi connectivity index (χ0) is 14.6. The van der Waals surface area contributed by atoms with E-state index in [4.69, 9.17) is 4.74 Å². The molecule has 1 aromatic heterocycles. The second-order valence-electron chi connectivity index (χ2n) is 4.72. The number of methoxy groups -OCH3 is 1. The van der Waals surface area contributed by atoms with E-state index >= 15 is 0 Å². The zero-order valence-electron chi connectivity index (χ0n) is 12.6. The largest absolute Gasteiger partial charge is 0.395 e. The number of aliphatic hydroxyl groups is 1. The first-order valence-corrected chi connectivity index (χ1v) is 7.32. The smallest absolute Gasteiger partial charge is 0.133 e. The Morgan fingerprint density at radius 3 is 2.95 bits per heavy atom. The van der Waals surface area contributed by atoms with Crippen LogP contribution in [-0.2, 0) is 11.3 Å². The Bertz CT molecular complexity index is 361. The molecule has 0 spiro atoms. The number of nitrogens with one attached hydrogen (secondary N) is 1. The summed E-state index contributed by atoms with van der Waals surface area (Å²) in [5, 5.41) is 12.6. The van der Waals surface area contributed by atoms with Gasteiger partial charge in [0.1, 0.15) is 5.82 Å². The van der Waals surface area contributed by atoms with Gasteiger partial charge < -0.3 is 20.1 Å². The van der Waals surface area contributed by atoms with Crippen LogP contribution in [0.1, 0.15) is 25.3 Å². The third kappa shape index (κ3) is 5.86. The molecule has 0 aliphatic rings. The van der Waals surface area contributed by atoms with Gasteiger partial charge in [-0.05, 0) is 12.5 Å². The highest BCUT2D eigenvalue weighted by atomic mass is 16.5. The second kappa shape index (κ2) is 10.6. The molecule has 1 rings (SSSR count). The van der Waals surface area contributed by atoms with E-state index < -0.39 is 0 Å². The Morgan fingerprint density at radius 1 is 1.40 bits per heavy atom. The molecule has 0 unspecified atom stereocenters. The average Bonchev–Trinajstić information content (AvgIpc) is 2.48. The number of pyridine rings is 1. The van der Waals surface area contributed by atoms with E-state index in [0.29, 0.717) is 13.2 Å². The maximum atomic E-state index is 9.23. The van der Waals surface area contributed by atoms with Gasteiger partial charge in [0.2, 0.25) is 0 Å². The summed E-state index contributed by atoms with van der Waals surface area (Å²) >= 11 is 0. The van der Waals surface area contributed by atoms with Crippen molar-refractivity contribution in [3.8, 4) is 0 Å². The van der Waals surface area contributed by atoms with Crippen LogP contribution in [0.2, 0.25) is 0 Å². The molecular weight excluding hydrogens is 254 g/mol. The van der Waals surface area contributed by atoms with Crippen LogP contribution in [0.4, 0.5) is 5.82 Å². The quantitative estimate of drug-likeness (QED) is 0.601. The first-order chi connectivity index (χ1) is 9.83. The molecule has 0 saturated heterocycles. The minimum atomic E-state index is 0.150. The lowest BCUT2D eigenvalue weighted by molar-refractivity contribution is 0.199. The predicted octanol–water partition coefficient (Wildman–Crippen LogP) is 1.42. The predicted molar refractivity (Wildman–Crippen MR) is 82.0 cm³/mol. The summed E-state index contributed by atoms with van der Waals surface area (Å²) in [6.07, 6.45) is 4.05. The first-order valence-electron chi connectivity index (χ1n) is 7.32. The van der Waals surface area contributed by atoms with Gasteiger partial charge >= 0.3 is 0 Å². The number of anilines is 1. The maximum absolute atomic E-state index is 9.23. The van der Waals surface area contributed by atoms with Gasteiger partial charge in [-0.15, -0.1) is 0 Å². The normalized spacial score (nSPS) is 10.8. The molecule has 5 nitrogen and oxygen atoms in total. The summed E-state index contributed by atoms with van der Waals surface area (Å²) < 4.78 is 5.03. The van der Waals surface area contributed by atoms with E-state index in [2.05, 4.69) is 28.2 Å². The topological polar surface area (TPSA) is 57.6 Å². The number of hydrogen-bond acceptors (Lipinski definition) is 5. The Labute approximate surface area is 122 Å². The van der Waals surface area contributed by atoms with Crippen molar-refractivity contribution in [2.75, 3.05) is 44.9 Å². The van der Waals surface area contributed by atoms with Gasteiger partial charge in [0.25, 0.3) is 0 Å². The minimum Gasteiger partial charge on any atom is -0.395 e. The third-order valence-corrected chi connectivity index (χ3v) is 3.12. The molecule has 0 saturated carbocycles. The van der Waals surface area contributed by atoms with E-state index in [1.165, 1.54) is 0 Å². The average molecular weight is 281 g/mol. The van der Waals surface area contributed by atoms with Crippen molar-refractivity contribution < 1.29 is 9.84 Å².